The molecule has 0 aliphatic rings. The first-order valence-corrected chi connectivity index (χ1v) is 15.9. The molecule has 0 saturated heterocycles. The second kappa shape index (κ2) is 15.5. The minimum Gasteiger partial charge on any atom is -0.483 e. The largest absolute Gasteiger partial charge is 0.483 e. The van der Waals surface area contributed by atoms with Crippen molar-refractivity contribution in [3.63, 3.8) is 0 Å². The monoisotopic (exact) mass is 840 g/mol. The van der Waals surface area contributed by atoms with Crippen molar-refractivity contribution in [1.82, 2.24) is 21.7 Å². The van der Waals surface area contributed by atoms with E-state index in [1.165, 1.54) is 0 Å². The van der Waals surface area contributed by atoms with Crippen molar-refractivity contribution in [1.29, 1.82) is 0 Å². The highest BCUT2D eigenvalue weighted by Crippen LogP contribution is 2.35. The number of amides is 4. The lowest BCUT2D eigenvalue weighted by Crippen LogP contribution is -2.44. The topological polar surface area (TPSA) is 135 Å². The third kappa shape index (κ3) is 9.39. The molecule has 0 spiro atoms. The Morgan fingerprint density at radius 3 is 1.35 bits per heavy atom. The van der Waals surface area contributed by atoms with Gasteiger partial charge in [-0.3, -0.25) is 40.9 Å². The van der Waals surface area contributed by atoms with E-state index in [1.807, 2.05) is 48.5 Å². The number of carbonyl (C=O) groups is 4. The Bertz CT molecular complexity index is 1580. The van der Waals surface area contributed by atoms with Crippen molar-refractivity contribution in [3.8, 4) is 11.5 Å². The first-order chi connectivity index (χ1) is 20.6. The van der Waals surface area contributed by atoms with Gasteiger partial charge < -0.3 is 9.47 Å². The first kappa shape index (κ1) is 32.7. The molecule has 4 amide bonds. The van der Waals surface area contributed by atoms with Gasteiger partial charge in [0, 0.05) is 21.8 Å². The summed E-state index contributed by atoms with van der Waals surface area (Å²) in [7, 11) is 0. The number of hydrazine groups is 2. The predicted molar refractivity (Wildman–Crippen MR) is 176 cm³/mol. The van der Waals surface area contributed by atoms with Crippen LogP contribution in [0.4, 0.5) is 0 Å². The molecule has 0 heterocycles. The molecule has 0 aromatic heterocycles. The maximum absolute atomic E-state index is 12.1. The van der Waals surface area contributed by atoms with Crippen LogP contribution < -0.4 is 31.2 Å². The van der Waals surface area contributed by atoms with Gasteiger partial charge in [0.05, 0.1) is 8.95 Å². The number of carbonyl (C=O) groups excluding carboxylic acids is 4. The van der Waals surface area contributed by atoms with Crippen LogP contribution in [0, 0.1) is 0 Å². The Labute approximate surface area is 280 Å². The Morgan fingerprint density at radius 1 is 0.535 bits per heavy atom. The third-order valence-corrected chi connectivity index (χ3v) is 8.59. The van der Waals surface area contributed by atoms with Gasteiger partial charge in [-0.05, 0) is 96.2 Å². The molecule has 43 heavy (non-hydrogen) atoms. The van der Waals surface area contributed by atoms with E-state index < -0.39 is 23.6 Å². The van der Waals surface area contributed by atoms with Crippen LogP contribution >= 0.6 is 63.7 Å². The summed E-state index contributed by atoms with van der Waals surface area (Å²) in [5.74, 6) is -1.11. The van der Waals surface area contributed by atoms with Crippen LogP contribution in [0.15, 0.2) is 78.6 Å². The molecule has 0 fully saturated rings. The highest BCUT2D eigenvalue weighted by atomic mass is 79.9. The molecule has 4 aromatic rings. The van der Waals surface area contributed by atoms with Gasteiger partial charge in [0.25, 0.3) is 11.8 Å². The summed E-state index contributed by atoms with van der Waals surface area (Å²) in [5.41, 5.74) is 9.12. The summed E-state index contributed by atoms with van der Waals surface area (Å²) in [5, 5.41) is 3.84. The van der Waals surface area contributed by atoms with Crippen molar-refractivity contribution >= 4 is 109 Å². The molecule has 0 unspecified atom stereocenters. The molecule has 0 atom stereocenters. The summed E-state index contributed by atoms with van der Waals surface area (Å²) in [4.78, 5) is 48.3. The van der Waals surface area contributed by atoms with Crippen LogP contribution in [0.1, 0.15) is 19.3 Å². The fraction of sp³-hybridized carbons (Fsp3) is 0.172. The summed E-state index contributed by atoms with van der Waals surface area (Å²) in [6, 6.07) is 18.8. The smallest absolute Gasteiger partial charge is 0.276 e. The second-order valence-corrected chi connectivity index (χ2v) is 12.5. The Kier molecular flexibility index (Phi) is 11.8. The molecule has 0 aliphatic carbocycles. The standard InChI is InChI=1S/C29H24Br4N4O6/c30-18-6-8-20-16(12-18)4-10-22(28(20)32)42-14-26(40)36-34-24(38)2-1-3-25(39)35-37-27(41)15-43-23-11-5-17-13-19(31)7-9-21(17)29(23)33/h4-13H,1-3,14-15H2,(H,34,38)(H,35,39)(H,36,40)(H,37,41). The number of hydrogen-bond donors (Lipinski definition) is 4. The molecule has 0 aliphatic heterocycles. The zero-order valence-corrected chi connectivity index (χ0v) is 28.6. The van der Waals surface area contributed by atoms with E-state index in [4.69, 9.17) is 9.47 Å². The molecular formula is C29H24Br4N4O6. The predicted octanol–water partition coefficient (Wildman–Crippen LogP) is 5.97. The molecular weight excluding hydrogens is 820 g/mol. The maximum atomic E-state index is 12.1. The molecule has 10 nitrogen and oxygen atoms in total. The molecule has 224 valence electrons. The first-order valence-electron chi connectivity index (χ1n) is 12.8. The van der Waals surface area contributed by atoms with Crippen molar-refractivity contribution in [2.45, 2.75) is 19.3 Å². The lowest BCUT2D eigenvalue weighted by molar-refractivity contribution is -0.131. The Hall–Kier alpha value is -3.20. The van der Waals surface area contributed by atoms with Crippen LogP contribution in [0.3, 0.4) is 0 Å². The highest BCUT2D eigenvalue weighted by molar-refractivity contribution is 9.11. The molecule has 0 bridgehead atoms. The lowest BCUT2D eigenvalue weighted by Gasteiger charge is -2.12. The van der Waals surface area contributed by atoms with Crippen molar-refractivity contribution < 1.29 is 28.7 Å². The van der Waals surface area contributed by atoms with Crippen LogP contribution in [-0.4, -0.2) is 36.8 Å². The fourth-order valence-electron chi connectivity index (χ4n) is 3.88. The van der Waals surface area contributed by atoms with E-state index in [9.17, 15) is 19.2 Å². The van der Waals surface area contributed by atoms with Gasteiger partial charge in [0.15, 0.2) is 13.2 Å². The minimum absolute atomic E-state index is 0.0239. The number of rotatable bonds is 10. The molecule has 4 N–H and O–H groups in total. The molecule has 14 heteroatoms. The van der Waals surface area contributed by atoms with Gasteiger partial charge in [0.1, 0.15) is 11.5 Å². The normalized spacial score (nSPS) is 10.7. The highest BCUT2D eigenvalue weighted by Gasteiger charge is 2.12. The van der Waals surface area contributed by atoms with E-state index in [0.717, 1.165) is 30.5 Å². The summed E-state index contributed by atoms with van der Waals surface area (Å²) in [6.07, 6.45) is 0.143. The zero-order valence-electron chi connectivity index (χ0n) is 22.3. The van der Waals surface area contributed by atoms with E-state index in [-0.39, 0.29) is 32.5 Å². The average molecular weight is 844 g/mol. The van der Waals surface area contributed by atoms with Gasteiger partial charge in [-0.25, -0.2) is 0 Å². The summed E-state index contributed by atoms with van der Waals surface area (Å²) in [6.45, 7) is -0.634. The van der Waals surface area contributed by atoms with Gasteiger partial charge >= 0.3 is 0 Å². The number of hydrogen-bond acceptors (Lipinski definition) is 6. The number of fused-ring (bicyclic) bond motifs is 2. The maximum Gasteiger partial charge on any atom is 0.276 e. The zero-order chi connectivity index (χ0) is 30.9. The van der Waals surface area contributed by atoms with Crippen LogP contribution in [0.5, 0.6) is 11.5 Å². The number of nitrogens with one attached hydrogen (secondary N) is 4. The fourth-order valence-corrected chi connectivity index (χ4v) is 5.85. The number of halogens is 4. The van der Waals surface area contributed by atoms with Gasteiger partial charge in [-0.15, -0.1) is 0 Å². The Morgan fingerprint density at radius 2 is 0.930 bits per heavy atom. The quantitative estimate of drug-likeness (QED) is 0.146. The third-order valence-electron chi connectivity index (χ3n) is 5.97. The minimum atomic E-state index is -0.553. The molecule has 0 radical (unpaired) electrons. The SMILES string of the molecule is O=C(CCCC(=O)NNC(=O)COc1ccc2cc(Br)ccc2c1Br)NNC(=O)COc1ccc2cc(Br)ccc2c1Br. The Balaban J connectivity index is 1.09. The summed E-state index contributed by atoms with van der Waals surface area (Å²) < 4.78 is 14.5. The molecule has 4 rings (SSSR count). The van der Waals surface area contributed by atoms with Crippen molar-refractivity contribution in [3.05, 3.63) is 78.6 Å². The molecule has 0 saturated carbocycles. The molecule has 4 aromatic carbocycles. The van der Waals surface area contributed by atoms with Crippen LogP contribution in [0.25, 0.3) is 21.5 Å². The van der Waals surface area contributed by atoms with E-state index in [0.29, 0.717) is 20.4 Å². The van der Waals surface area contributed by atoms with E-state index in [2.05, 4.69) is 85.4 Å². The lowest BCUT2D eigenvalue weighted by atomic mass is 10.1. The van der Waals surface area contributed by atoms with E-state index in [1.54, 1.807) is 12.1 Å². The van der Waals surface area contributed by atoms with Crippen molar-refractivity contribution in [2.75, 3.05) is 13.2 Å². The van der Waals surface area contributed by atoms with Gasteiger partial charge in [0.2, 0.25) is 11.8 Å². The van der Waals surface area contributed by atoms with Gasteiger partial charge in [-0.2, -0.15) is 0 Å². The summed E-state index contributed by atoms with van der Waals surface area (Å²) >= 11 is 13.9. The van der Waals surface area contributed by atoms with Crippen LogP contribution in [0.2, 0.25) is 0 Å². The van der Waals surface area contributed by atoms with Crippen LogP contribution in [-0.2, 0) is 19.2 Å². The van der Waals surface area contributed by atoms with Crippen molar-refractivity contribution in [2.24, 2.45) is 0 Å². The van der Waals surface area contributed by atoms with E-state index >= 15 is 0 Å². The number of benzene rings is 4. The average Bonchev–Trinajstić information content (AvgIpc) is 2.98. The number of ether oxygens (including phenoxy) is 2. The second-order valence-electron chi connectivity index (χ2n) is 9.11. The van der Waals surface area contributed by atoms with Gasteiger partial charge in [-0.1, -0.05) is 56.1 Å².